The lowest BCUT2D eigenvalue weighted by atomic mass is 10.1. The lowest BCUT2D eigenvalue weighted by molar-refractivity contribution is 0.0527. The van der Waals surface area contributed by atoms with Crippen LogP contribution < -0.4 is 11.3 Å². The molecule has 0 saturated carbocycles. The number of hydrogen-bond donors (Lipinski definition) is 2. The van der Waals surface area contributed by atoms with Gasteiger partial charge in [0.05, 0.1) is 29.5 Å². The lowest BCUT2D eigenvalue weighted by Crippen LogP contribution is -2.14. The van der Waals surface area contributed by atoms with Crippen LogP contribution in [0.15, 0.2) is 18.2 Å². The highest BCUT2D eigenvalue weighted by Gasteiger charge is 2.12. The van der Waals surface area contributed by atoms with Gasteiger partial charge in [-0.15, -0.1) is 0 Å². The Morgan fingerprint density at radius 2 is 2.40 bits per heavy atom. The largest absolute Gasteiger partial charge is 0.462 e. The third-order valence-electron chi connectivity index (χ3n) is 1.80. The number of carbonyl (C=O) groups excluding carboxylic acids is 1. The van der Waals surface area contributed by atoms with Crippen molar-refractivity contribution in [3.8, 4) is 6.07 Å². The third kappa shape index (κ3) is 2.45. The zero-order valence-corrected chi connectivity index (χ0v) is 8.28. The minimum atomic E-state index is -0.463. The van der Waals surface area contributed by atoms with E-state index in [0.29, 0.717) is 23.4 Å². The number of nitrogens with zero attached hydrogens (tertiary/aromatic N) is 1. The van der Waals surface area contributed by atoms with Crippen LogP contribution in [0.4, 0.5) is 5.69 Å². The molecule has 3 N–H and O–H groups in total. The van der Waals surface area contributed by atoms with Crippen molar-refractivity contribution in [3.63, 3.8) is 0 Å². The fraction of sp³-hybridized carbons (Fsp3) is 0.200. The molecule has 0 aromatic heterocycles. The van der Waals surface area contributed by atoms with Gasteiger partial charge in [0.15, 0.2) is 0 Å². The number of nitriles is 1. The van der Waals surface area contributed by atoms with Gasteiger partial charge in [-0.2, -0.15) is 5.26 Å². The van der Waals surface area contributed by atoms with Crippen molar-refractivity contribution >= 4 is 11.7 Å². The Hall–Kier alpha value is -2.06. The Morgan fingerprint density at radius 1 is 1.67 bits per heavy atom. The number of hydrogen-bond acceptors (Lipinski definition) is 5. The Balaban J connectivity index is 3.08. The molecule has 0 bridgehead atoms. The summed E-state index contributed by atoms with van der Waals surface area (Å²) in [4.78, 5) is 11.4. The average molecular weight is 205 g/mol. The Morgan fingerprint density at radius 3 is 2.93 bits per heavy atom. The molecule has 1 aromatic rings. The number of nitrogens with two attached hydrogens (primary N) is 1. The maximum Gasteiger partial charge on any atom is 0.340 e. The first-order valence-corrected chi connectivity index (χ1v) is 4.40. The zero-order chi connectivity index (χ0) is 11.3. The third-order valence-corrected chi connectivity index (χ3v) is 1.80. The molecule has 1 rings (SSSR count). The van der Waals surface area contributed by atoms with E-state index in [-0.39, 0.29) is 0 Å². The molecule has 5 heteroatoms. The summed E-state index contributed by atoms with van der Waals surface area (Å²) in [5, 5.41) is 8.66. The minimum absolute atomic E-state index is 0.294. The van der Waals surface area contributed by atoms with Gasteiger partial charge >= 0.3 is 5.97 Å². The van der Waals surface area contributed by atoms with Crippen molar-refractivity contribution in [2.24, 2.45) is 5.84 Å². The number of carbonyl (C=O) groups is 1. The van der Waals surface area contributed by atoms with E-state index in [1.54, 1.807) is 6.92 Å². The molecule has 0 amide bonds. The highest BCUT2D eigenvalue weighted by atomic mass is 16.5. The first-order valence-electron chi connectivity index (χ1n) is 4.40. The van der Waals surface area contributed by atoms with Gasteiger partial charge in [0.1, 0.15) is 0 Å². The quantitative estimate of drug-likeness (QED) is 0.437. The van der Waals surface area contributed by atoms with Gasteiger partial charge in [-0.05, 0) is 25.1 Å². The Labute approximate surface area is 87.4 Å². The van der Waals surface area contributed by atoms with E-state index in [1.807, 2.05) is 6.07 Å². The van der Waals surface area contributed by atoms with Gasteiger partial charge in [0.2, 0.25) is 0 Å². The predicted octanol–water partition coefficient (Wildman–Crippen LogP) is 1.02. The summed E-state index contributed by atoms with van der Waals surface area (Å²) in [6.07, 6.45) is 0. The highest BCUT2D eigenvalue weighted by Crippen LogP contribution is 2.17. The van der Waals surface area contributed by atoms with Crippen molar-refractivity contribution in [1.29, 1.82) is 5.26 Å². The maximum atomic E-state index is 11.4. The molecule has 0 radical (unpaired) electrons. The van der Waals surface area contributed by atoms with Crippen LogP contribution in [0, 0.1) is 11.3 Å². The molecular formula is C10H11N3O2. The molecule has 0 unspecified atom stereocenters. The number of benzene rings is 1. The zero-order valence-electron chi connectivity index (χ0n) is 8.28. The van der Waals surface area contributed by atoms with E-state index in [0.717, 1.165) is 0 Å². The van der Waals surface area contributed by atoms with Crippen LogP contribution in [-0.4, -0.2) is 12.6 Å². The van der Waals surface area contributed by atoms with Crippen molar-refractivity contribution < 1.29 is 9.53 Å². The normalized spacial score (nSPS) is 9.13. The van der Waals surface area contributed by atoms with Crippen LogP contribution in [0.2, 0.25) is 0 Å². The molecule has 0 saturated heterocycles. The SMILES string of the molecule is CCOC(=O)c1ccc(C#N)cc1NN. The number of rotatable bonds is 3. The van der Waals surface area contributed by atoms with Crippen LogP contribution in [-0.2, 0) is 4.74 Å². The van der Waals surface area contributed by atoms with Crippen molar-refractivity contribution in [2.45, 2.75) is 6.92 Å². The second kappa shape index (κ2) is 4.98. The molecule has 15 heavy (non-hydrogen) atoms. The molecule has 0 aliphatic rings. The number of anilines is 1. The highest BCUT2D eigenvalue weighted by molar-refractivity contribution is 5.95. The monoisotopic (exact) mass is 205 g/mol. The van der Waals surface area contributed by atoms with Crippen LogP contribution in [0.3, 0.4) is 0 Å². The Bertz CT molecular complexity index is 410. The summed E-state index contributed by atoms with van der Waals surface area (Å²) in [5.74, 6) is 4.78. The predicted molar refractivity (Wildman–Crippen MR) is 54.9 cm³/mol. The molecular weight excluding hydrogens is 194 g/mol. The summed E-state index contributed by atoms with van der Waals surface area (Å²) in [5.41, 5.74) is 3.48. The van der Waals surface area contributed by atoms with Crippen molar-refractivity contribution in [1.82, 2.24) is 0 Å². The Kier molecular flexibility index (Phi) is 3.66. The van der Waals surface area contributed by atoms with Crippen LogP contribution in [0.1, 0.15) is 22.8 Å². The van der Waals surface area contributed by atoms with Gasteiger partial charge in [0, 0.05) is 0 Å². The van der Waals surface area contributed by atoms with Gasteiger partial charge < -0.3 is 10.2 Å². The first-order chi connectivity index (χ1) is 7.22. The van der Waals surface area contributed by atoms with Gasteiger partial charge in [-0.3, -0.25) is 5.84 Å². The molecule has 0 heterocycles. The van der Waals surface area contributed by atoms with Crippen LogP contribution in [0.5, 0.6) is 0 Å². The molecule has 0 aliphatic heterocycles. The minimum Gasteiger partial charge on any atom is -0.462 e. The molecule has 0 aliphatic carbocycles. The molecule has 1 aromatic carbocycles. The summed E-state index contributed by atoms with van der Waals surface area (Å²) in [6.45, 7) is 2.01. The number of hydrazine groups is 1. The van der Waals surface area contributed by atoms with Gasteiger partial charge in [-0.1, -0.05) is 0 Å². The van der Waals surface area contributed by atoms with Gasteiger partial charge in [0.25, 0.3) is 0 Å². The van der Waals surface area contributed by atoms with Gasteiger partial charge in [-0.25, -0.2) is 4.79 Å². The van der Waals surface area contributed by atoms with E-state index in [4.69, 9.17) is 15.8 Å². The number of nitrogens with one attached hydrogen (secondary N) is 1. The summed E-state index contributed by atoms with van der Waals surface area (Å²) >= 11 is 0. The molecule has 0 fully saturated rings. The maximum absolute atomic E-state index is 11.4. The molecule has 5 nitrogen and oxygen atoms in total. The van der Waals surface area contributed by atoms with E-state index >= 15 is 0 Å². The molecule has 0 spiro atoms. The smallest absolute Gasteiger partial charge is 0.340 e. The number of ether oxygens (including phenoxy) is 1. The fourth-order valence-corrected chi connectivity index (χ4v) is 1.12. The van der Waals surface area contributed by atoms with E-state index in [2.05, 4.69) is 5.43 Å². The van der Waals surface area contributed by atoms with Crippen molar-refractivity contribution in [3.05, 3.63) is 29.3 Å². The standard InChI is InChI=1S/C10H11N3O2/c1-2-15-10(14)8-4-3-7(6-11)5-9(8)13-12/h3-5,13H,2,12H2,1H3. The van der Waals surface area contributed by atoms with E-state index < -0.39 is 5.97 Å². The summed E-state index contributed by atoms with van der Waals surface area (Å²) in [6, 6.07) is 6.48. The van der Waals surface area contributed by atoms with Crippen LogP contribution >= 0.6 is 0 Å². The second-order valence-electron chi connectivity index (χ2n) is 2.74. The van der Waals surface area contributed by atoms with Crippen molar-refractivity contribution in [2.75, 3.05) is 12.0 Å². The summed E-state index contributed by atoms with van der Waals surface area (Å²) < 4.78 is 4.83. The summed E-state index contributed by atoms with van der Waals surface area (Å²) in [7, 11) is 0. The number of esters is 1. The molecule has 0 atom stereocenters. The molecule has 78 valence electrons. The van der Waals surface area contributed by atoms with Crippen LogP contribution in [0.25, 0.3) is 0 Å². The average Bonchev–Trinajstić information content (AvgIpc) is 2.28. The lowest BCUT2D eigenvalue weighted by Gasteiger charge is -2.07. The van der Waals surface area contributed by atoms with E-state index in [9.17, 15) is 4.79 Å². The number of nitrogen functional groups attached to an aromatic ring is 1. The van der Waals surface area contributed by atoms with E-state index in [1.165, 1.54) is 18.2 Å². The first kappa shape index (κ1) is 11.0. The topological polar surface area (TPSA) is 88.1 Å². The fourth-order valence-electron chi connectivity index (χ4n) is 1.12. The second-order valence-corrected chi connectivity index (χ2v) is 2.74.